The Morgan fingerprint density at radius 2 is 2.00 bits per heavy atom. The van der Waals surface area contributed by atoms with Crippen LogP contribution in [0.5, 0.6) is 5.75 Å². The molecule has 0 fully saturated rings. The van der Waals surface area contributed by atoms with Crippen molar-refractivity contribution in [2.45, 2.75) is 6.92 Å². The summed E-state index contributed by atoms with van der Waals surface area (Å²) in [6, 6.07) is 12.3. The summed E-state index contributed by atoms with van der Waals surface area (Å²) in [4.78, 5) is 22.8. The Bertz CT molecular complexity index is 670. The number of aryl methyl sites for hydroxylation is 1. The highest BCUT2D eigenvalue weighted by Gasteiger charge is 2.10. The number of aldehydes is 1. The average Bonchev–Trinajstić information content (AvgIpc) is 2.47. The molecule has 4 nitrogen and oxygen atoms in total. The van der Waals surface area contributed by atoms with Crippen molar-refractivity contribution < 1.29 is 14.3 Å². The van der Waals surface area contributed by atoms with Gasteiger partial charge in [-0.25, -0.2) is 0 Å². The lowest BCUT2D eigenvalue weighted by Gasteiger charge is -2.11. The second-order valence-electron chi connectivity index (χ2n) is 4.42. The molecular formula is C16H14ClNO3. The number of benzene rings is 2. The molecule has 2 aromatic rings. The molecule has 108 valence electrons. The summed E-state index contributed by atoms with van der Waals surface area (Å²) in [6.45, 7) is 1.70. The van der Waals surface area contributed by atoms with Crippen molar-refractivity contribution in [3.05, 3.63) is 58.6 Å². The number of para-hydroxylation sites is 1. The summed E-state index contributed by atoms with van der Waals surface area (Å²) in [5.74, 6) is -0.0152. The molecule has 0 atom stereocenters. The van der Waals surface area contributed by atoms with Gasteiger partial charge in [0.05, 0.1) is 10.6 Å². The molecule has 2 rings (SSSR count). The molecule has 0 unspecified atom stereocenters. The van der Waals surface area contributed by atoms with Crippen molar-refractivity contribution in [2.75, 3.05) is 11.9 Å². The summed E-state index contributed by atoms with van der Waals surface area (Å²) in [5, 5.41) is 3.04. The first-order valence-corrected chi connectivity index (χ1v) is 6.71. The van der Waals surface area contributed by atoms with Crippen LogP contribution in [0.25, 0.3) is 0 Å². The first-order valence-electron chi connectivity index (χ1n) is 6.34. The van der Waals surface area contributed by atoms with E-state index in [1.807, 2.05) is 31.2 Å². The largest absolute Gasteiger partial charge is 0.483 e. The highest BCUT2D eigenvalue weighted by molar-refractivity contribution is 6.33. The van der Waals surface area contributed by atoms with Crippen LogP contribution in [-0.4, -0.2) is 18.8 Å². The number of hydrogen-bond acceptors (Lipinski definition) is 3. The van der Waals surface area contributed by atoms with E-state index in [1.165, 1.54) is 0 Å². The zero-order valence-electron chi connectivity index (χ0n) is 11.4. The first-order chi connectivity index (χ1) is 10.1. The van der Waals surface area contributed by atoms with Gasteiger partial charge in [-0.2, -0.15) is 0 Å². The number of amides is 1. The van der Waals surface area contributed by atoms with E-state index >= 15 is 0 Å². The van der Waals surface area contributed by atoms with Gasteiger partial charge >= 0.3 is 0 Å². The topological polar surface area (TPSA) is 55.4 Å². The van der Waals surface area contributed by atoms with Crippen molar-refractivity contribution in [1.29, 1.82) is 0 Å². The van der Waals surface area contributed by atoms with Gasteiger partial charge in [-0.3, -0.25) is 9.59 Å². The highest BCUT2D eigenvalue weighted by Crippen LogP contribution is 2.24. The molecule has 1 amide bonds. The molecule has 0 heterocycles. The number of carbonyl (C=O) groups excluding carboxylic acids is 2. The Kier molecular flexibility index (Phi) is 4.95. The Hall–Kier alpha value is -2.33. The maximum Gasteiger partial charge on any atom is 0.262 e. The summed E-state index contributed by atoms with van der Waals surface area (Å²) >= 11 is 5.88. The molecule has 0 bridgehead atoms. The number of rotatable bonds is 5. The van der Waals surface area contributed by atoms with Gasteiger partial charge < -0.3 is 10.1 Å². The van der Waals surface area contributed by atoms with Crippen LogP contribution >= 0.6 is 11.6 Å². The standard InChI is InChI=1S/C16H14ClNO3/c1-11-5-2-3-7-14(11)18-16(20)10-21-15-8-4-6-13(17)12(15)9-19/h2-9H,10H2,1H3,(H,18,20). The number of ether oxygens (including phenoxy) is 1. The fourth-order valence-corrected chi connectivity index (χ4v) is 2.01. The van der Waals surface area contributed by atoms with E-state index in [0.717, 1.165) is 11.3 Å². The third kappa shape index (κ3) is 3.83. The molecule has 0 aromatic heterocycles. The number of anilines is 1. The summed E-state index contributed by atoms with van der Waals surface area (Å²) in [6.07, 6.45) is 0.608. The van der Waals surface area contributed by atoms with Gasteiger partial charge in [0.2, 0.25) is 0 Å². The Morgan fingerprint density at radius 1 is 1.24 bits per heavy atom. The Morgan fingerprint density at radius 3 is 2.71 bits per heavy atom. The van der Waals surface area contributed by atoms with Crippen molar-refractivity contribution >= 4 is 29.5 Å². The highest BCUT2D eigenvalue weighted by atomic mass is 35.5. The molecule has 0 spiro atoms. The molecule has 21 heavy (non-hydrogen) atoms. The van der Waals surface area contributed by atoms with Crippen LogP contribution in [0.15, 0.2) is 42.5 Å². The first kappa shape index (κ1) is 15.1. The second-order valence-corrected chi connectivity index (χ2v) is 4.83. The van der Waals surface area contributed by atoms with Crippen LogP contribution in [0.2, 0.25) is 5.02 Å². The molecule has 0 aliphatic rings. The SMILES string of the molecule is Cc1ccccc1NC(=O)COc1cccc(Cl)c1C=O. The molecular weight excluding hydrogens is 290 g/mol. The molecule has 5 heteroatoms. The molecule has 0 saturated heterocycles. The lowest BCUT2D eigenvalue weighted by molar-refractivity contribution is -0.118. The van der Waals surface area contributed by atoms with Crippen LogP contribution in [0.4, 0.5) is 5.69 Å². The van der Waals surface area contributed by atoms with Crippen molar-refractivity contribution in [3.63, 3.8) is 0 Å². The van der Waals surface area contributed by atoms with Crippen LogP contribution < -0.4 is 10.1 Å². The molecule has 0 saturated carbocycles. The quantitative estimate of drug-likeness (QED) is 0.860. The lowest BCUT2D eigenvalue weighted by atomic mass is 10.2. The predicted molar refractivity (Wildman–Crippen MR) is 82.1 cm³/mol. The second kappa shape index (κ2) is 6.90. The van der Waals surface area contributed by atoms with Crippen LogP contribution in [0.3, 0.4) is 0 Å². The van der Waals surface area contributed by atoms with Crippen molar-refractivity contribution in [2.24, 2.45) is 0 Å². The lowest BCUT2D eigenvalue weighted by Crippen LogP contribution is -2.21. The fraction of sp³-hybridized carbons (Fsp3) is 0.125. The third-order valence-electron chi connectivity index (χ3n) is 2.91. The van der Waals surface area contributed by atoms with E-state index in [4.69, 9.17) is 16.3 Å². The Labute approximate surface area is 127 Å². The van der Waals surface area contributed by atoms with E-state index in [-0.39, 0.29) is 23.8 Å². The normalized spacial score (nSPS) is 10.0. The van der Waals surface area contributed by atoms with Gasteiger partial charge in [-0.1, -0.05) is 35.9 Å². The number of halogens is 1. The van der Waals surface area contributed by atoms with Gasteiger partial charge in [-0.05, 0) is 30.7 Å². The Balaban J connectivity index is 2.01. The summed E-state index contributed by atoms with van der Waals surface area (Å²) < 4.78 is 5.35. The molecule has 1 N–H and O–H groups in total. The fourth-order valence-electron chi connectivity index (χ4n) is 1.80. The van der Waals surface area contributed by atoms with E-state index < -0.39 is 0 Å². The summed E-state index contributed by atoms with van der Waals surface area (Å²) in [5.41, 5.74) is 1.93. The number of carbonyl (C=O) groups is 2. The molecule has 0 aliphatic carbocycles. The van der Waals surface area contributed by atoms with E-state index in [9.17, 15) is 9.59 Å². The van der Waals surface area contributed by atoms with Gasteiger partial charge in [-0.15, -0.1) is 0 Å². The van der Waals surface area contributed by atoms with E-state index in [0.29, 0.717) is 11.3 Å². The van der Waals surface area contributed by atoms with E-state index in [1.54, 1.807) is 18.2 Å². The van der Waals surface area contributed by atoms with Gasteiger partial charge in [0, 0.05) is 5.69 Å². The zero-order chi connectivity index (χ0) is 15.2. The maximum absolute atomic E-state index is 11.9. The molecule has 2 aromatic carbocycles. The zero-order valence-corrected chi connectivity index (χ0v) is 12.2. The van der Waals surface area contributed by atoms with Crippen molar-refractivity contribution in [1.82, 2.24) is 0 Å². The minimum Gasteiger partial charge on any atom is -0.483 e. The molecule has 0 aliphatic heterocycles. The van der Waals surface area contributed by atoms with Crippen LogP contribution in [0, 0.1) is 6.92 Å². The summed E-state index contributed by atoms with van der Waals surface area (Å²) in [7, 11) is 0. The maximum atomic E-state index is 11.9. The monoisotopic (exact) mass is 303 g/mol. The van der Waals surface area contributed by atoms with E-state index in [2.05, 4.69) is 5.32 Å². The van der Waals surface area contributed by atoms with Gasteiger partial charge in [0.15, 0.2) is 12.9 Å². The number of hydrogen-bond donors (Lipinski definition) is 1. The third-order valence-corrected chi connectivity index (χ3v) is 3.24. The van der Waals surface area contributed by atoms with Crippen LogP contribution in [0.1, 0.15) is 15.9 Å². The van der Waals surface area contributed by atoms with Crippen LogP contribution in [-0.2, 0) is 4.79 Å². The van der Waals surface area contributed by atoms with Gasteiger partial charge in [0.1, 0.15) is 5.75 Å². The van der Waals surface area contributed by atoms with Gasteiger partial charge in [0.25, 0.3) is 5.91 Å². The minimum absolute atomic E-state index is 0.199. The molecule has 0 radical (unpaired) electrons. The smallest absolute Gasteiger partial charge is 0.262 e. The predicted octanol–water partition coefficient (Wildman–Crippen LogP) is 3.48. The number of nitrogens with one attached hydrogen (secondary N) is 1. The average molecular weight is 304 g/mol. The minimum atomic E-state index is -0.305. The van der Waals surface area contributed by atoms with Crippen molar-refractivity contribution in [3.8, 4) is 5.75 Å².